The summed E-state index contributed by atoms with van der Waals surface area (Å²) >= 11 is 0. The number of rotatable bonds is 5. The average Bonchev–Trinajstić information content (AvgIpc) is 2.52. The molecule has 1 N–H and O–H groups in total. The predicted molar refractivity (Wildman–Crippen MR) is 83.5 cm³/mol. The van der Waals surface area contributed by atoms with Crippen LogP contribution < -0.4 is 9.64 Å². The van der Waals surface area contributed by atoms with Crippen molar-refractivity contribution in [2.75, 3.05) is 26.2 Å². The third-order valence-electron chi connectivity index (χ3n) is 4.22. The van der Waals surface area contributed by atoms with Crippen LogP contribution in [-0.2, 0) is 0 Å². The maximum absolute atomic E-state index is 5.89. The molecule has 0 amide bonds. The van der Waals surface area contributed by atoms with Gasteiger partial charge in [-0.2, -0.15) is 0 Å². The lowest BCUT2D eigenvalue weighted by Gasteiger charge is -2.23. The number of likely N-dealkylation sites (tertiary alicyclic amines) is 1. The average molecular weight is 270 g/mol. The third kappa shape index (κ3) is 3.51. The lowest BCUT2D eigenvalue weighted by atomic mass is 10.1. The number of ether oxygens (including phenoxy) is 1. The SMILES string of the molecule is c1ccc2cc(OCCC[NH+]3CCCCC3)ccc2c1. The zero-order chi connectivity index (χ0) is 13.6. The van der Waals surface area contributed by atoms with Gasteiger partial charge < -0.3 is 9.64 Å². The second kappa shape index (κ2) is 6.76. The van der Waals surface area contributed by atoms with E-state index in [1.54, 1.807) is 4.90 Å². The Morgan fingerprint density at radius 1 is 0.900 bits per heavy atom. The van der Waals surface area contributed by atoms with Gasteiger partial charge in [-0.3, -0.25) is 0 Å². The van der Waals surface area contributed by atoms with Crippen LogP contribution >= 0.6 is 0 Å². The molecule has 0 atom stereocenters. The van der Waals surface area contributed by atoms with Crippen LogP contribution in [0.5, 0.6) is 5.75 Å². The summed E-state index contributed by atoms with van der Waals surface area (Å²) in [5.74, 6) is 0.998. The van der Waals surface area contributed by atoms with Crippen LogP contribution in [0.3, 0.4) is 0 Å². The number of hydrogen-bond acceptors (Lipinski definition) is 1. The van der Waals surface area contributed by atoms with Crippen molar-refractivity contribution in [2.24, 2.45) is 0 Å². The Kier molecular flexibility index (Phi) is 4.54. The molecule has 2 nitrogen and oxygen atoms in total. The van der Waals surface area contributed by atoms with E-state index < -0.39 is 0 Å². The first-order valence-corrected chi connectivity index (χ1v) is 7.87. The summed E-state index contributed by atoms with van der Waals surface area (Å²) in [6.45, 7) is 4.81. The highest BCUT2D eigenvalue weighted by atomic mass is 16.5. The zero-order valence-electron chi connectivity index (χ0n) is 12.1. The second-order valence-electron chi connectivity index (χ2n) is 5.77. The van der Waals surface area contributed by atoms with Crippen molar-refractivity contribution in [2.45, 2.75) is 25.7 Å². The molecule has 1 saturated heterocycles. The molecule has 2 aromatic carbocycles. The Hall–Kier alpha value is -1.54. The van der Waals surface area contributed by atoms with Gasteiger partial charge in [0.25, 0.3) is 0 Å². The van der Waals surface area contributed by atoms with E-state index in [1.807, 2.05) is 0 Å². The molecule has 0 radical (unpaired) electrons. The molecular weight excluding hydrogens is 246 g/mol. The molecule has 0 aromatic heterocycles. The standard InChI is InChI=1S/C18H23NO/c1-4-11-19(12-5-1)13-6-14-20-18-10-9-16-7-2-3-8-17(16)15-18/h2-3,7-10,15H,1,4-6,11-14H2/p+1. The topological polar surface area (TPSA) is 13.7 Å². The van der Waals surface area contributed by atoms with E-state index in [-0.39, 0.29) is 0 Å². The summed E-state index contributed by atoms with van der Waals surface area (Å²) in [4.78, 5) is 1.76. The molecule has 1 fully saturated rings. The number of quaternary nitrogens is 1. The van der Waals surface area contributed by atoms with Gasteiger partial charge in [0.2, 0.25) is 0 Å². The van der Waals surface area contributed by atoms with E-state index in [1.165, 1.54) is 49.7 Å². The Morgan fingerprint density at radius 3 is 2.55 bits per heavy atom. The maximum Gasteiger partial charge on any atom is 0.119 e. The minimum absolute atomic E-state index is 0.835. The first-order valence-electron chi connectivity index (χ1n) is 7.87. The molecule has 1 aliphatic rings. The highest BCUT2D eigenvalue weighted by Gasteiger charge is 2.12. The van der Waals surface area contributed by atoms with E-state index >= 15 is 0 Å². The van der Waals surface area contributed by atoms with E-state index in [2.05, 4.69) is 42.5 Å². The minimum Gasteiger partial charge on any atom is -0.493 e. The van der Waals surface area contributed by atoms with Gasteiger partial charge in [-0.25, -0.2) is 0 Å². The number of hydrogen-bond donors (Lipinski definition) is 1. The number of nitrogens with one attached hydrogen (secondary N) is 1. The first-order chi connectivity index (χ1) is 9.92. The van der Waals surface area contributed by atoms with Gasteiger partial charge in [-0.1, -0.05) is 30.3 Å². The van der Waals surface area contributed by atoms with Crippen molar-refractivity contribution >= 4 is 10.8 Å². The normalized spacial score (nSPS) is 16.4. The van der Waals surface area contributed by atoms with Crippen LogP contribution in [0.2, 0.25) is 0 Å². The number of benzene rings is 2. The minimum atomic E-state index is 0.835. The largest absolute Gasteiger partial charge is 0.493 e. The van der Waals surface area contributed by atoms with Crippen molar-refractivity contribution in [3.05, 3.63) is 42.5 Å². The molecule has 106 valence electrons. The van der Waals surface area contributed by atoms with Crippen LogP contribution in [0.25, 0.3) is 10.8 Å². The van der Waals surface area contributed by atoms with Crippen LogP contribution in [-0.4, -0.2) is 26.2 Å². The highest BCUT2D eigenvalue weighted by Crippen LogP contribution is 2.20. The molecule has 3 rings (SSSR count). The van der Waals surface area contributed by atoms with Crippen molar-refractivity contribution < 1.29 is 9.64 Å². The van der Waals surface area contributed by atoms with Gasteiger partial charge >= 0.3 is 0 Å². The maximum atomic E-state index is 5.89. The van der Waals surface area contributed by atoms with E-state index in [4.69, 9.17) is 4.74 Å². The smallest absolute Gasteiger partial charge is 0.119 e. The molecule has 0 unspecified atom stereocenters. The van der Waals surface area contributed by atoms with Gasteiger partial charge in [-0.15, -0.1) is 0 Å². The lowest BCUT2D eigenvalue weighted by molar-refractivity contribution is -0.905. The van der Waals surface area contributed by atoms with E-state index in [0.717, 1.165) is 18.8 Å². The molecule has 1 aliphatic heterocycles. The fourth-order valence-corrected chi connectivity index (χ4v) is 3.07. The summed E-state index contributed by atoms with van der Waals surface area (Å²) in [6, 6.07) is 14.8. The van der Waals surface area contributed by atoms with Gasteiger partial charge in [0, 0.05) is 6.42 Å². The molecule has 0 spiro atoms. The Morgan fingerprint density at radius 2 is 1.70 bits per heavy atom. The van der Waals surface area contributed by atoms with Gasteiger partial charge in [0.05, 0.1) is 26.2 Å². The number of piperidine rings is 1. The van der Waals surface area contributed by atoms with E-state index in [9.17, 15) is 0 Å². The van der Waals surface area contributed by atoms with E-state index in [0.29, 0.717) is 0 Å². The molecule has 2 aromatic rings. The Balaban J connectivity index is 1.47. The molecular formula is C18H24NO+. The highest BCUT2D eigenvalue weighted by molar-refractivity contribution is 5.83. The summed E-state index contributed by atoms with van der Waals surface area (Å²) in [6.07, 6.45) is 5.39. The predicted octanol–water partition coefficient (Wildman–Crippen LogP) is 2.68. The molecule has 1 heterocycles. The van der Waals surface area contributed by atoms with Crippen LogP contribution in [0.4, 0.5) is 0 Å². The van der Waals surface area contributed by atoms with Crippen molar-refractivity contribution in [1.29, 1.82) is 0 Å². The monoisotopic (exact) mass is 270 g/mol. The van der Waals surface area contributed by atoms with Gasteiger partial charge in [0.15, 0.2) is 0 Å². The summed E-state index contributed by atoms with van der Waals surface area (Å²) < 4.78 is 5.89. The van der Waals surface area contributed by atoms with Crippen molar-refractivity contribution in [3.63, 3.8) is 0 Å². The lowest BCUT2D eigenvalue weighted by Crippen LogP contribution is -3.12. The molecule has 0 aliphatic carbocycles. The first kappa shape index (κ1) is 13.4. The van der Waals surface area contributed by atoms with Crippen molar-refractivity contribution in [1.82, 2.24) is 0 Å². The summed E-state index contributed by atoms with van der Waals surface area (Å²) in [7, 11) is 0. The molecule has 0 saturated carbocycles. The Bertz CT molecular complexity index is 546. The second-order valence-corrected chi connectivity index (χ2v) is 5.77. The quantitative estimate of drug-likeness (QED) is 0.825. The van der Waals surface area contributed by atoms with Gasteiger partial charge in [-0.05, 0) is 42.2 Å². The fraction of sp³-hybridized carbons (Fsp3) is 0.444. The van der Waals surface area contributed by atoms with Gasteiger partial charge in [0.1, 0.15) is 5.75 Å². The third-order valence-corrected chi connectivity index (χ3v) is 4.22. The molecule has 2 heteroatoms. The van der Waals surface area contributed by atoms with Crippen LogP contribution in [0.1, 0.15) is 25.7 Å². The van der Waals surface area contributed by atoms with Crippen LogP contribution in [0, 0.1) is 0 Å². The summed E-state index contributed by atoms with van der Waals surface area (Å²) in [5.41, 5.74) is 0. The van der Waals surface area contributed by atoms with Crippen molar-refractivity contribution in [3.8, 4) is 5.75 Å². The number of fused-ring (bicyclic) bond motifs is 1. The fourth-order valence-electron chi connectivity index (χ4n) is 3.07. The molecule has 20 heavy (non-hydrogen) atoms. The molecule has 0 bridgehead atoms. The van der Waals surface area contributed by atoms with Crippen LogP contribution in [0.15, 0.2) is 42.5 Å². The Labute approximate surface area is 121 Å². The summed E-state index contributed by atoms with van der Waals surface area (Å²) in [5, 5.41) is 2.53. The zero-order valence-corrected chi connectivity index (χ0v) is 12.1.